The monoisotopic (exact) mass is 497 g/mol. The number of fused-ring (bicyclic) bond motifs is 1. The SMILES string of the molecule is CC.CC(C)c1cnc2c(NCc3ccccc3OC(F)(F)F)cc(OC3CCNCC3F)nn12. The highest BCUT2D eigenvalue weighted by Gasteiger charge is 2.32. The molecule has 0 saturated carbocycles. The Kier molecular flexibility index (Phi) is 8.76. The molecule has 1 saturated heterocycles. The molecule has 3 heterocycles. The van der Waals surface area contributed by atoms with E-state index < -0.39 is 18.6 Å². The lowest BCUT2D eigenvalue weighted by molar-refractivity contribution is -0.274. The molecule has 0 radical (unpaired) electrons. The third-order valence-electron chi connectivity index (χ3n) is 5.35. The van der Waals surface area contributed by atoms with Gasteiger partial charge in [0.05, 0.1) is 17.6 Å². The standard InChI is InChI=1S/C22H25F4N5O2.C2H6/c1-13(2)17-12-29-21-16(28-10-14-5-3-4-6-18(14)33-22(24,25)26)9-20(30-31(17)21)32-19-7-8-27-11-15(19)23;1-2/h3-6,9,12-13,15,19,27-28H,7-8,10-11H2,1-2H3;1-2H3. The number of nitrogens with one attached hydrogen (secondary N) is 2. The van der Waals surface area contributed by atoms with Gasteiger partial charge in [-0.15, -0.1) is 18.3 Å². The lowest BCUT2D eigenvalue weighted by atomic mass is 10.1. The number of nitrogens with zero attached hydrogens (tertiary/aromatic N) is 3. The number of hydrogen-bond acceptors (Lipinski definition) is 6. The minimum Gasteiger partial charge on any atom is -0.470 e. The molecule has 1 aliphatic heterocycles. The molecular formula is C24H31F4N5O2. The van der Waals surface area contributed by atoms with Crippen LogP contribution in [-0.4, -0.2) is 46.3 Å². The lowest BCUT2D eigenvalue weighted by Gasteiger charge is -2.27. The van der Waals surface area contributed by atoms with Gasteiger partial charge in [0.15, 0.2) is 5.65 Å². The second-order valence-electron chi connectivity index (χ2n) is 8.14. The van der Waals surface area contributed by atoms with E-state index in [4.69, 9.17) is 4.74 Å². The maximum atomic E-state index is 14.3. The Labute approximate surface area is 201 Å². The molecule has 1 aromatic carbocycles. The third kappa shape index (κ3) is 6.74. The highest BCUT2D eigenvalue weighted by atomic mass is 19.4. The van der Waals surface area contributed by atoms with Crippen molar-refractivity contribution in [1.29, 1.82) is 0 Å². The summed E-state index contributed by atoms with van der Waals surface area (Å²) in [5.41, 5.74) is 2.12. The summed E-state index contributed by atoms with van der Waals surface area (Å²) in [6, 6.07) is 7.48. The summed E-state index contributed by atoms with van der Waals surface area (Å²) in [6.07, 6.45) is -4.44. The van der Waals surface area contributed by atoms with E-state index in [0.717, 1.165) is 5.69 Å². The van der Waals surface area contributed by atoms with Crippen LogP contribution < -0.4 is 20.1 Å². The van der Waals surface area contributed by atoms with Crippen molar-refractivity contribution in [3.05, 3.63) is 47.8 Å². The first-order chi connectivity index (χ1) is 16.7. The van der Waals surface area contributed by atoms with Gasteiger partial charge in [0, 0.05) is 24.7 Å². The van der Waals surface area contributed by atoms with E-state index in [1.54, 1.807) is 22.8 Å². The topological polar surface area (TPSA) is 72.7 Å². The van der Waals surface area contributed by atoms with Gasteiger partial charge in [0.1, 0.15) is 18.0 Å². The smallest absolute Gasteiger partial charge is 0.470 e. The fraction of sp³-hybridized carbons (Fsp3) is 0.500. The average Bonchev–Trinajstić information content (AvgIpc) is 3.25. The van der Waals surface area contributed by atoms with E-state index in [-0.39, 0.29) is 30.6 Å². The molecule has 1 aliphatic rings. The zero-order valence-corrected chi connectivity index (χ0v) is 20.2. The zero-order chi connectivity index (χ0) is 25.6. The summed E-state index contributed by atoms with van der Waals surface area (Å²) in [6.45, 7) is 8.85. The van der Waals surface area contributed by atoms with Crippen LogP contribution in [-0.2, 0) is 6.54 Å². The number of rotatable bonds is 7. The van der Waals surface area contributed by atoms with Crippen molar-refractivity contribution in [3.8, 4) is 11.6 Å². The third-order valence-corrected chi connectivity index (χ3v) is 5.35. The average molecular weight is 498 g/mol. The molecule has 0 spiro atoms. The molecule has 4 rings (SSSR count). The van der Waals surface area contributed by atoms with Crippen molar-refractivity contribution < 1.29 is 27.0 Å². The van der Waals surface area contributed by atoms with E-state index in [2.05, 4.69) is 25.5 Å². The van der Waals surface area contributed by atoms with E-state index in [1.165, 1.54) is 18.2 Å². The lowest BCUT2D eigenvalue weighted by Crippen LogP contribution is -2.44. The molecule has 2 unspecified atom stereocenters. The Morgan fingerprint density at radius 2 is 1.97 bits per heavy atom. The van der Waals surface area contributed by atoms with Gasteiger partial charge in [-0.25, -0.2) is 13.9 Å². The number of halogens is 4. The number of aromatic nitrogens is 3. The van der Waals surface area contributed by atoms with E-state index in [0.29, 0.717) is 29.9 Å². The first-order valence-electron chi connectivity index (χ1n) is 11.7. The van der Waals surface area contributed by atoms with Gasteiger partial charge < -0.3 is 20.1 Å². The van der Waals surface area contributed by atoms with Crippen LogP contribution in [0.4, 0.5) is 23.2 Å². The van der Waals surface area contributed by atoms with Gasteiger partial charge in [-0.3, -0.25) is 0 Å². The second-order valence-corrected chi connectivity index (χ2v) is 8.14. The Bertz CT molecular complexity index is 1100. The summed E-state index contributed by atoms with van der Waals surface area (Å²) in [5, 5.41) is 10.6. The van der Waals surface area contributed by atoms with Crippen molar-refractivity contribution in [3.63, 3.8) is 0 Å². The zero-order valence-electron chi connectivity index (χ0n) is 20.2. The number of benzene rings is 1. The largest absolute Gasteiger partial charge is 0.573 e. The molecule has 2 aromatic heterocycles. The molecule has 7 nitrogen and oxygen atoms in total. The van der Waals surface area contributed by atoms with Crippen LogP contribution >= 0.6 is 0 Å². The number of ether oxygens (including phenoxy) is 2. The molecule has 192 valence electrons. The van der Waals surface area contributed by atoms with Crippen LogP contribution in [0.3, 0.4) is 0 Å². The molecule has 11 heteroatoms. The van der Waals surface area contributed by atoms with Crippen LogP contribution in [0.1, 0.15) is 51.3 Å². The molecule has 2 N–H and O–H groups in total. The number of alkyl halides is 4. The summed E-state index contributed by atoms with van der Waals surface area (Å²) >= 11 is 0. The summed E-state index contributed by atoms with van der Waals surface area (Å²) in [5.74, 6) is 0.0174. The first-order valence-corrected chi connectivity index (χ1v) is 11.7. The number of anilines is 1. The predicted octanol–water partition coefficient (Wildman–Crippen LogP) is 5.47. The quantitative estimate of drug-likeness (QED) is 0.422. The number of para-hydroxylation sites is 1. The summed E-state index contributed by atoms with van der Waals surface area (Å²) in [7, 11) is 0. The minimum absolute atomic E-state index is 0.0360. The van der Waals surface area contributed by atoms with Crippen molar-refractivity contribution in [2.24, 2.45) is 0 Å². The fourth-order valence-electron chi connectivity index (χ4n) is 3.69. The Morgan fingerprint density at radius 1 is 1.23 bits per heavy atom. The van der Waals surface area contributed by atoms with Gasteiger partial charge in [0.25, 0.3) is 0 Å². The number of piperidine rings is 1. The molecule has 35 heavy (non-hydrogen) atoms. The van der Waals surface area contributed by atoms with Crippen LogP contribution in [0, 0.1) is 0 Å². The van der Waals surface area contributed by atoms with E-state index in [1.807, 2.05) is 27.7 Å². The highest BCUT2D eigenvalue weighted by molar-refractivity contribution is 5.69. The molecule has 2 atom stereocenters. The Balaban J connectivity index is 0.00000167. The van der Waals surface area contributed by atoms with Crippen LogP contribution in [0.2, 0.25) is 0 Å². The van der Waals surface area contributed by atoms with E-state index in [9.17, 15) is 17.6 Å². The molecule has 0 bridgehead atoms. The van der Waals surface area contributed by atoms with Crippen molar-refractivity contribution in [1.82, 2.24) is 19.9 Å². The van der Waals surface area contributed by atoms with Gasteiger partial charge >= 0.3 is 6.36 Å². The maximum Gasteiger partial charge on any atom is 0.573 e. The molecular weight excluding hydrogens is 466 g/mol. The Hall–Kier alpha value is -3.08. The predicted molar refractivity (Wildman–Crippen MR) is 126 cm³/mol. The van der Waals surface area contributed by atoms with Crippen molar-refractivity contribution in [2.45, 2.75) is 65.2 Å². The molecule has 0 aliphatic carbocycles. The number of imidazole rings is 1. The second kappa shape index (κ2) is 11.6. The van der Waals surface area contributed by atoms with E-state index >= 15 is 0 Å². The van der Waals surface area contributed by atoms with Gasteiger partial charge in [-0.2, -0.15) is 0 Å². The van der Waals surface area contributed by atoms with Crippen molar-refractivity contribution >= 4 is 11.3 Å². The maximum absolute atomic E-state index is 14.3. The normalized spacial score (nSPS) is 18.2. The van der Waals surface area contributed by atoms with Crippen LogP contribution in [0.15, 0.2) is 36.5 Å². The Morgan fingerprint density at radius 3 is 2.66 bits per heavy atom. The number of hydrogen-bond donors (Lipinski definition) is 2. The first kappa shape index (κ1) is 26.5. The minimum atomic E-state index is -4.80. The van der Waals surface area contributed by atoms with Crippen LogP contribution in [0.25, 0.3) is 5.65 Å². The van der Waals surface area contributed by atoms with Crippen molar-refractivity contribution in [2.75, 3.05) is 18.4 Å². The van der Waals surface area contributed by atoms with Gasteiger partial charge in [-0.1, -0.05) is 45.9 Å². The molecule has 0 amide bonds. The summed E-state index contributed by atoms with van der Waals surface area (Å²) < 4.78 is 64.2. The summed E-state index contributed by atoms with van der Waals surface area (Å²) in [4.78, 5) is 4.42. The fourth-order valence-corrected chi connectivity index (χ4v) is 3.69. The van der Waals surface area contributed by atoms with Crippen LogP contribution in [0.5, 0.6) is 11.6 Å². The molecule has 3 aromatic rings. The molecule has 1 fully saturated rings. The van der Waals surface area contributed by atoms with Gasteiger partial charge in [-0.05, 0) is 24.9 Å². The highest BCUT2D eigenvalue weighted by Crippen LogP contribution is 2.29. The van der Waals surface area contributed by atoms with Gasteiger partial charge in [0.2, 0.25) is 5.88 Å².